The lowest BCUT2D eigenvalue weighted by molar-refractivity contribution is -0.161. The number of rotatable bonds is 1. The lowest BCUT2D eigenvalue weighted by Gasteiger charge is -2.41. The molecule has 6 heteroatoms. The number of amides is 4. The lowest BCUT2D eigenvalue weighted by Crippen LogP contribution is -2.54. The van der Waals surface area contributed by atoms with Gasteiger partial charge in [-0.15, -0.1) is 0 Å². The molecule has 0 aromatic carbocycles. The second kappa shape index (κ2) is 14.1. The normalized spacial score (nSPS) is 35.7. The van der Waals surface area contributed by atoms with E-state index in [9.17, 15) is 19.2 Å². The predicted molar refractivity (Wildman–Crippen MR) is 149 cm³/mol. The molecule has 38 heavy (non-hydrogen) atoms. The minimum atomic E-state index is -0.184. The molecule has 2 saturated carbocycles. The highest BCUT2D eigenvalue weighted by molar-refractivity contribution is 6.01. The van der Waals surface area contributed by atoms with Crippen molar-refractivity contribution in [1.82, 2.24) is 9.80 Å². The average Bonchev–Trinajstić information content (AvgIpc) is 2.89. The number of piperidine rings is 2. The molecule has 2 aliphatic carbocycles. The smallest absolute Gasteiger partial charge is 0.232 e. The molecule has 4 bridgehead atoms. The van der Waals surface area contributed by atoms with Crippen molar-refractivity contribution < 1.29 is 19.2 Å². The van der Waals surface area contributed by atoms with Crippen molar-refractivity contribution in [2.75, 3.05) is 7.05 Å². The molecule has 6 nitrogen and oxygen atoms in total. The molecule has 4 rings (SSSR count). The molecule has 2 heterocycles. The van der Waals surface area contributed by atoms with Gasteiger partial charge in [0.1, 0.15) is 0 Å². The largest absolute Gasteiger partial charge is 0.285 e. The maximum atomic E-state index is 13.9. The molecule has 2 saturated heterocycles. The second-order valence-corrected chi connectivity index (χ2v) is 13.1. The summed E-state index contributed by atoms with van der Waals surface area (Å²) in [5.74, 6) is 0.222. The summed E-state index contributed by atoms with van der Waals surface area (Å²) in [6.45, 7) is 2.39. The van der Waals surface area contributed by atoms with Gasteiger partial charge < -0.3 is 0 Å². The van der Waals surface area contributed by atoms with Gasteiger partial charge in [0.05, 0.1) is 0 Å². The van der Waals surface area contributed by atoms with Crippen molar-refractivity contribution in [3.8, 4) is 0 Å². The van der Waals surface area contributed by atoms with Gasteiger partial charge in [0.15, 0.2) is 0 Å². The van der Waals surface area contributed by atoms with Gasteiger partial charge in [-0.05, 0) is 57.3 Å². The van der Waals surface area contributed by atoms with Crippen LogP contribution in [-0.4, -0.2) is 46.5 Å². The van der Waals surface area contributed by atoms with E-state index in [4.69, 9.17) is 0 Å². The minimum absolute atomic E-state index is 0.0208. The van der Waals surface area contributed by atoms with E-state index in [0.29, 0.717) is 25.7 Å². The third-order valence-electron chi connectivity index (χ3n) is 10.2. The highest BCUT2D eigenvalue weighted by atomic mass is 16.2. The van der Waals surface area contributed by atoms with Crippen LogP contribution in [0.25, 0.3) is 0 Å². The van der Waals surface area contributed by atoms with Gasteiger partial charge in [-0.25, -0.2) is 0 Å². The molecule has 214 valence electrons. The maximum Gasteiger partial charge on any atom is 0.232 e. The molecule has 4 atom stereocenters. The molecule has 0 radical (unpaired) electrons. The SMILES string of the molecule is CC1CCCCCCC(N2C(=O)C3CCCCC4C[C@@H](CC[C@@H](C3)C2=O)C(=O)N(C)C4=O)CCCCCC1. The summed E-state index contributed by atoms with van der Waals surface area (Å²) in [6, 6.07) is 0.0273. The molecule has 4 aliphatic rings. The van der Waals surface area contributed by atoms with Crippen molar-refractivity contribution in [1.29, 1.82) is 0 Å². The highest BCUT2D eigenvalue weighted by Gasteiger charge is 2.45. The van der Waals surface area contributed by atoms with Crippen LogP contribution in [0.5, 0.6) is 0 Å². The first kappa shape index (κ1) is 29.3. The zero-order valence-corrected chi connectivity index (χ0v) is 24.1. The number of hydrogen-bond acceptors (Lipinski definition) is 4. The van der Waals surface area contributed by atoms with E-state index >= 15 is 0 Å². The minimum Gasteiger partial charge on any atom is -0.285 e. The fraction of sp³-hybridized carbons (Fsp3) is 0.875. The first-order valence-electron chi connectivity index (χ1n) is 16.0. The average molecular weight is 529 g/mol. The Morgan fingerprint density at radius 1 is 0.474 bits per heavy atom. The van der Waals surface area contributed by atoms with Crippen molar-refractivity contribution >= 4 is 23.6 Å². The second-order valence-electron chi connectivity index (χ2n) is 13.1. The van der Waals surface area contributed by atoms with Gasteiger partial charge in [-0.3, -0.25) is 29.0 Å². The van der Waals surface area contributed by atoms with Gasteiger partial charge in [-0.1, -0.05) is 84.0 Å². The van der Waals surface area contributed by atoms with E-state index in [2.05, 4.69) is 6.92 Å². The third-order valence-corrected chi connectivity index (χ3v) is 10.2. The van der Waals surface area contributed by atoms with E-state index in [1.165, 1.54) is 56.3 Å². The molecule has 4 amide bonds. The lowest BCUT2D eigenvalue weighted by atomic mass is 9.76. The van der Waals surface area contributed by atoms with Crippen LogP contribution in [0.1, 0.15) is 135 Å². The fourth-order valence-corrected chi connectivity index (χ4v) is 7.76. The summed E-state index contributed by atoms with van der Waals surface area (Å²) in [4.78, 5) is 56.3. The zero-order chi connectivity index (χ0) is 27.1. The number of likely N-dealkylation sites (tertiary alicyclic amines) is 2. The molecule has 0 aromatic rings. The number of fused-ring (bicyclic) bond motifs is 4. The Bertz CT molecular complexity index is 825. The predicted octanol–water partition coefficient (Wildman–Crippen LogP) is 6.65. The summed E-state index contributed by atoms with van der Waals surface area (Å²) in [7, 11) is 1.62. The molecule has 0 aromatic heterocycles. The van der Waals surface area contributed by atoms with Crippen molar-refractivity contribution in [3.05, 3.63) is 0 Å². The van der Waals surface area contributed by atoms with E-state index in [0.717, 1.165) is 57.3 Å². The van der Waals surface area contributed by atoms with Crippen LogP contribution in [0, 0.1) is 29.6 Å². The number of nitrogens with zero attached hydrogens (tertiary/aromatic N) is 2. The number of carbonyl (C=O) groups is 4. The Hall–Kier alpha value is -1.72. The Balaban J connectivity index is 1.47. The highest BCUT2D eigenvalue weighted by Crippen LogP contribution is 2.38. The van der Waals surface area contributed by atoms with Gasteiger partial charge in [0, 0.05) is 36.8 Å². The van der Waals surface area contributed by atoms with Crippen molar-refractivity contribution in [2.24, 2.45) is 29.6 Å². The van der Waals surface area contributed by atoms with Gasteiger partial charge in [0.2, 0.25) is 23.6 Å². The summed E-state index contributed by atoms with van der Waals surface area (Å²) in [5, 5.41) is 0. The van der Waals surface area contributed by atoms with Gasteiger partial charge in [-0.2, -0.15) is 0 Å². The number of carbonyl (C=O) groups excluding carboxylic acids is 4. The van der Waals surface area contributed by atoms with E-state index < -0.39 is 0 Å². The molecule has 2 unspecified atom stereocenters. The molecular formula is C32H52N2O4. The zero-order valence-electron chi connectivity index (χ0n) is 24.1. The van der Waals surface area contributed by atoms with Crippen molar-refractivity contribution in [3.63, 3.8) is 0 Å². The van der Waals surface area contributed by atoms with Gasteiger partial charge in [0.25, 0.3) is 0 Å². The monoisotopic (exact) mass is 528 g/mol. The van der Waals surface area contributed by atoms with E-state index in [1.807, 2.05) is 0 Å². The first-order chi connectivity index (χ1) is 18.4. The molecule has 0 N–H and O–H groups in total. The summed E-state index contributed by atoms with van der Waals surface area (Å²) in [5.41, 5.74) is 0. The molecular weight excluding hydrogens is 476 g/mol. The van der Waals surface area contributed by atoms with Crippen LogP contribution in [0.3, 0.4) is 0 Å². The molecule has 2 aliphatic heterocycles. The van der Waals surface area contributed by atoms with Crippen LogP contribution in [0.15, 0.2) is 0 Å². The quantitative estimate of drug-likeness (QED) is 0.357. The third kappa shape index (κ3) is 7.27. The summed E-state index contributed by atoms with van der Waals surface area (Å²) < 4.78 is 0. The Morgan fingerprint density at radius 3 is 1.34 bits per heavy atom. The van der Waals surface area contributed by atoms with E-state index in [1.54, 1.807) is 11.9 Å². The van der Waals surface area contributed by atoms with Gasteiger partial charge >= 0.3 is 0 Å². The van der Waals surface area contributed by atoms with Crippen LogP contribution in [0.2, 0.25) is 0 Å². The number of imide groups is 2. The Kier molecular flexibility index (Phi) is 10.8. The maximum absolute atomic E-state index is 13.9. The van der Waals surface area contributed by atoms with Crippen LogP contribution in [-0.2, 0) is 19.2 Å². The van der Waals surface area contributed by atoms with Crippen molar-refractivity contribution in [2.45, 2.75) is 141 Å². The van der Waals surface area contributed by atoms with Crippen LogP contribution >= 0.6 is 0 Å². The Morgan fingerprint density at radius 2 is 0.842 bits per heavy atom. The molecule has 0 spiro atoms. The summed E-state index contributed by atoms with van der Waals surface area (Å²) >= 11 is 0. The number of hydrogen-bond donors (Lipinski definition) is 0. The standard InChI is InChI=1S/C32H52N2O4/c1-23-13-7-3-5-9-17-28(18-10-6-4-8-14-23)34-31(37)25-16-12-11-15-24-21-26(30(36)33(2)29(24)35)19-20-27(22-25)32(34)38/h23-28H,3-22H2,1-2H3/t23?,24?,25?,26-,27+,28?/m1/s1. The van der Waals surface area contributed by atoms with Crippen LogP contribution in [0.4, 0.5) is 0 Å². The van der Waals surface area contributed by atoms with E-state index in [-0.39, 0.29) is 53.3 Å². The Labute approximate surface area is 230 Å². The summed E-state index contributed by atoms with van der Waals surface area (Å²) in [6.07, 6.45) is 20.1. The fourth-order valence-electron chi connectivity index (χ4n) is 7.76. The van der Waals surface area contributed by atoms with Crippen LogP contribution < -0.4 is 0 Å². The molecule has 4 fully saturated rings. The first-order valence-corrected chi connectivity index (χ1v) is 16.0. The topological polar surface area (TPSA) is 74.8 Å².